The summed E-state index contributed by atoms with van der Waals surface area (Å²) in [5, 5.41) is 2.50. The largest absolute Gasteiger partial charge is 0.309 e. The molecule has 0 atom stereocenters. The second kappa shape index (κ2) is 14.4. The molecule has 0 fully saturated rings. The normalized spacial score (nSPS) is 11.2. The molecule has 10 aromatic rings. The lowest BCUT2D eigenvalue weighted by Gasteiger charge is -2.30. The van der Waals surface area contributed by atoms with Gasteiger partial charge in [-0.3, -0.25) is 0 Å². The molecule has 0 radical (unpaired) electrons. The van der Waals surface area contributed by atoms with Crippen LogP contribution in [0, 0.1) is 0 Å². The summed E-state index contributed by atoms with van der Waals surface area (Å²) in [6.45, 7) is 0. The molecule has 1 heterocycles. The molecule has 0 amide bonds. The Hall–Kier alpha value is -7.42. The Kier molecular flexibility index (Phi) is 8.55. The Morgan fingerprint density at radius 2 is 0.661 bits per heavy atom. The number of hydrogen-bond donors (Lipinski definition) is 0. The summed E-state index contributed by atoms with van der Waals surface area (Å²) in [4.78, 5) is 2.43. The molecule has 0 aliphatic rings. The van der Waals surface area contributed by atoms with Gasteiger partial charge in [0, 0.05) is 33.2 Å². The Labute approximate surface area is 327 Å². The molecule has 2 nitrogen and oxygen atoms in total. The average molecular weight is 715 g/mol. The highest BCUT2D eigenvalue weighted by Gasteiger charge is 2.23. The molecular formula is C54H38N2. The first kappa shape index (κ1) is 33.2. The molecule has 0 N–H and O–H groups in total. The van der Waals surface area contributed by atoms with E-state index in [1.165, 1.54) is 55.2 Å². The highest BCUT2D eigenvalue weighted by Crippen LogP contribution is 2.46. The van der Waals surface area contributed by atoms with E-state index in [1.807, 2.05) is 0 Å². The van der Waals surface area contributed by atoms with E-state index in [4.69, 9.17) is 0 Å². The van der Waals surface area contributed by atoms with Crippen LogP contribution in [-0.4, -0.2) is 4.57 Å². The van der Waals surface area contributed by atoms with Crippen LogP contribution in [0.3, 0.4) is 0 Å². The molecule has 56 heavy (non-hydrogen) atoms. The summed E-state index contributed by atoms with van der Waals surface area (Å²) >= 11 is 0. The summed E-state index contributed by atoms with van der Waals surface area (Å²) in [7, 11) is 0. The molecular weight excluding hydrogens is 677 g/mol. The van der Waals surface area contributed by atoms with E-state index in [2.05, 4.69) is 240 Å². The molecule has 0 saturated heterocycles. The van der Waals surface area contributed by atoms with Gasteiger partial charge in [0.2, 0.25) is 0 Å². The van der Waals surface area contributed by atoms with Gasteiger partial charge in [-0.05, 0) is 70.3 Å². The Morgan fingerprint density at radius 1 is 0.268 bits per heavy atom. The Morgan fingerprint density at radius 3 is 1.25 bits per heavy atom. The average Bonchev–Trinajstić information content (AvgIpc) is 3.62. The first-order chi connectivity index (χ1) is 27.8. The van der Waals surface area contributed by atoms with Gasteiger partial charge in [0.05, 0.1) is 28.1 Å². The van der Waals surface area contributed by atoms with Crippen LogP contribution in [-0.2, 0) is 0 Å². The zero-order valence-corrected chi connectivity index (χ0v) is 30.8. The molecule has 0 aliphatic carbocycles. The summed E-state index contributed by atoms with van der Waals surface area (Å²) in [5.74, 6) is 0. The van der Waals surface area contributed by atoms with E-state index in [1.54, 1.807) is 0 Å². The predicted molar refractivity (Wildman–Crippen MR) is 237 cm³/mol. The van der Waals surface area contributed by atoms with Crippen LogP contribution in [0.25, 0.3) is 72.0 Å². The van der Waals surface area contributed by atoms with Crippen molar-refractivity contribution in [2.75, 3.05) is 4.90 Å². The van der Waals surface area contributed by atoms with Crippen molar-refractivity contribution in [3.05, 3.63) is 231 Å². The standard InChI is InChI=1S/C54H38N2/c1-3-17-39(18-4-1)40-31-33-41(34-32-40)42-35-37-44(38-36-42)55(50-26-12-7-21-45(50)43-19-5-2-6-20-43)51-27-13-8-22-46(51)47-23-9-14-28-52(47)56-53-29-15-10-24-48(53)49-25-11-16-30-54(49)56/h1-38H. The zero-order chi connectivity index (χ0) is 37.3. The number of hydrogen-bond acceptors (Lipinski definition) is 1. The van der Waals surface area contributed by atoms with Gasteiger partial charge in [-0.1, -0.05) is 188 Å². The van der Waals surface area contributed by atoms with Crippen LogP contribution in [0.1, 0.15) is 0 Å². The number of fused-ring (bicyclic) bond motifs is 3. The van der Waals surface area contributed by atoms with Gasteiger partial charge < -0.3 is 9.47 Å². The minimum absolute atomic E-state index is 1.08. The van der Waals surface area contributed by atoms with Gasteiger partial charge in [-0.15, -0.1) is 0 Å². The fourth-order valence-electron chi connectivity index (χ4n) is 8.20. The zero-order valence-electron chi connectivity index (χ0n) is 30.8. The fraction of sp³-hybridized carbons (Fsp3) is 0. The maximum atomic E-state index is 2.43. The first-order valence-electron chi connectivity index (χ1n) is 19.2. The quantitative estimate of drug-likeness (QED) is 0.152. The highest BCUT2D eigenvalue weighted by atomic mass is 15.1. The van der Waals surface area contributed by atoms with Crippen LogP contribution in [0.4, 0.5) is 17.1 Å². The monoisotopic (exact) mass is 714 g/mol. The van der Waals surface area contributed by atoms with E-state index in [0.29, 0.717) is 0 Å². The number of rotatable bonds is 8. The van der Waals surface area contributed by atoms with Gasteiger partial charge in [0.1, 0.15) is 0 Å². The molecule has 0 bridgehead atoms. The highest BCUT2D eigenvalue weighted by molar-refractivity contribution is 6.10. The van der Waals surface area contributed by atoms with E-state index >= 15 is 0 Å². The SMILES string of the molecule is c1ccc(-c2ccc(-c3ccc(N(c4ccccc4-c4ccccc4)c4ccccc4-c4ccccc4-n4c5ccccc5c5ccccc54)cc3)cc2)cc1. The molecule has 10 rings (SSSR count). The van der Waals surface area contributed by atoms with Crippen molar-refractivity contribution in [3.8, 4) is 50.2 Å². The number of anilines is 3. The lowest BCUT2D eigenvalue weighted by Crippen LogP contribution is -2.12. The summed E-state index contributed by atoms with van der Waals surface area (Å²) in [6, 6.07) is 83.0. The third-order valence-electron chi connectivity index (χ3n) is 10.8. The lowest BCUT2D eigenvalue weighted by atomic mass is 9.97. The maximum Gasteiger partial charge on any atom is 0.0541 e. The second-order valence-electron chi connectivity index (χ2n) is 14.1. The minimum Gasteiger partial charge on any atom is -0.309 e. The van der Waals surface area contributed by atoms with Crippen molar-refractivity contribution in [1.29, 1.82) is 0 Å². The number of nitrogens with zero attached hydrogens (tertiary/aromatic N) is 2. The van der Waals surface area contributed by atoms with Crippen LogP contribution in [0.5, 0.6) is 0 Å². The van der Waals surface area contributed by atoms with E-state index < -0.39 is 0 Å². The van der Waals surface area contributed by atoms with E-state index in [0.717, 1.165) is 33.9 Å². The third kappa shape index (κ3) is 5.95. The van der Waals surface area contributed by atoms with Crippen molar-refractivity contribution < 1.29 is 0 Å². The molecule has 0 saturated carbocycles. The van der Waals surface area contributed by atoms with Crippen molar-refractivity contribution in [1.82, 2.24) is 4.57 Å². The van der Waals surface area contributed by atoms with Gasteiger partial charge in [0.15, 0.2) is 0 Å². The van der Waals surface area contributed by atoms with Gasteiger partial charge >= 0.3 is 0 Å². The first-order valence-corrected chi connectivity index (χ1v) is 19.2. The summed E-state index contributed by atoms with van der Waals surface area (Å²) < 4.78 is 2.43. The molecule has 9 aromatic carbocycles. The molecule has 0 aliphatic heterocycles. The van der Waals surface area contributed by atoms with Gasteiger partial charge in [0.25, 0.3) is 0 Å². The number of aromatic nitrogens is 1. The summed E-state index contributed by atoms with van der Waals surface area (Å²) in [6.07, 6.45) is 0. The molecule has 264 valence electrons. The van der Waals surface area contributed by atoms with E-state index in [-0.39, 0.29) is 0 Å². The van der Waals surface area contributed by atoms with Crippen molar-refractivity contribution in [2.45, 2.75) is 0 Å². The van der Waals surface area contributed by atoms with Crippen molar-refractivity contribution in [3.63, 3.8) is 0 Å². The molecule has 2 heteroatoms. The van der Waals surface area contributed by atoms with Crippen molar-refractivity contribution >= 4 is 38.9 Å². The molecule has 1 aromatic heterocycles. The smallest absolute Gasteiger partial charge is 0.0541 e. The van der Waals surface area contributed by atoms with E-state index in [9.17, 15) is 0 Å². The van der Waals surface area contributed by atoms with Crippen LogP contribution < -0.4 is 4.90 Å². The van der Waals surface area contributed by atoms with Crippen LogP contribution in [0.15, 0.2) is 231 Å². The topological polar surface area (TPSA) is 8.17 Å². The fourth-order valence-corrected chi connectivity index (χ4v) is 8.20. The Bertz CT molecular complexity index is 2890. The van der Waals surface area contributed by atoms with Crippen LogP contribution in [0.2, 0.25) is 0 Å². The minimum atomic E-state index is 1.08. The number of para-hydroxylation sites is 5. The van der Waals surface area contributed by atoms with Crippen molar-refractivity contribution in [2.24, 2.45) is 0 Å². The third-order valence-corrected chi connectivity index (χ3v) is 10.8. The Balaban J connectivity index is 1.15. The molecule has 0 unspecified atom stereocenters. The van der Waals surface area contributed by atoms with Gasteiger partial charge in [-0.2, -0.15) is 0 Å². The van der Waals surface area contributed by atoms with Gasteiger partial charge in [-0.25, -0.2) is 0 Å². The summed E-state index contributed by atoms with van der Waals surface area (Å²) in [5.41, 5.74) is 16.3. The number of benzene rings is 9. The van der Waals surface area contributed by atoms with Crippen LogP contribution >= 0.6 is 0 Å². The second-order valence-corrected chi connectivity index (χ2v) is 14.1. The maximum absolute atomic E-state index is 2.43. The predicted octanol–water partition coefficient (Wildman–Crippen LogP) is 14.9. The lowest BCUT2D eigenvalue weighted by molar-refractivity contribution is 1.18. The molecule has 0 spiro atoms.